The van der Waals surface area contributed by atoms with Crippen LogP contribution in [0.1, 0.15) is 24.8 Å². The van der Waals surface area contributed by atoms with Crippen molar-refractivity contribution < 1.29 is 0 Å². The maximum absolute atomic E-state index is 6.05. The number of nitrogens with zero attached hydrogens (tertiary/aromatic N) is 3. The van der Waals surface area contributed by atoms with Crippen molar-refractivity contribution in [3.8, 4) is 0 Å². The number of nitrogens with two attached hydrogens (primary N) is 1. The normalized spacial score (nSPS) is 19.2. The predicted molar refractivity (Wildman–Crippen MR) is 101 cm³/mol. The molecule has 0 atom stereocenters. The van der Waals surface area contributed by atoms with Gasteiger partial charge in [-0.25, -0.2) is 4.98 Å². The van der Waals surface area contributed by atoms with Gasteiger partial charge in [0.2, 0.25) is 5.95 Å². The quantitative estimate of drug-likeness (QED) is 0.607. The van der Waals surface area contributed by atoms with E-state index in [9.17, 15) is 0 Å². The van der Waals surface area contributed by atoms with E-state index in [1.807, 2.05) is 0 Å². The van der Waals surface area contributed by atoms with Gasteiger partial charge >= 0.3 is 0 Å². The lowest BCUT2D eigenvalue weighted by Crippen LogP contribution is -2.41. The molecule has 2 aliphatic heterocycles. The van der Waals surface area contributed by atoms with Crippen LogP contribution in [0.5, 0.6) is 0 Å². The first kappa shape index (κ1) is 15.4. The molecule has 1 aromatic carbocycles. The van der Waals surface area contributed by atoms with Crippen LogP contribution in [-0.2, 0) is 13.0 Å². The van der Waals surface area contributed by atoms with Crippen LogP contribution < -0.4 is 10.6 Å². The van der Waals surface area contributed by atoms with Gasteiger partial charge in [0.05, 0.1) is 9.99 Å². The maximum Gasteiger partial charge on any atom is 0.206 e. The van der Waals surface area contributed by atoms with Gasteiger partial charge in [-0.1, -0.05) is 0 Å². The highest BCUT2D eigenvalue weighted by Crippen LogP contribution is 2.44. The molecule has 22 heavy (non-hydrogen) atoms. The second-order valence-corrected chi connectivity index (χ2v) is 8.49. The molecule has 0 amide bonds. The van der Waals surface area contributed by atoms with E-state index >= 15 is 0 Å². The summed E-state index contributed by atoms with van der Waals surface area (Å²) in [5.41, 5.74) is 9.75. The van der Waals surface area contributed by atoms with Crippen molar-refractivity contribution in [1.29, 1.82) is 0 Å². The van der Waals surface area contributed by atoms with Crippen LogP contribution in [0.25, 0.3) is 11.0 Å². The summed E-state index contributed by atoms with van der Waals surface area (Å²) in [6.07, 6.45) is 4.35. The Balaban J connectivity index is 1.91. The van der Waals surface area contributed by atoms with Crippen LogP contribution in [0.15, 0.2) is 13.4 Å². The third kappa shape index (κ3) is 2.27. The number of aromatic nitrogens is 2. The second-order valence-electron chi connectivity index (χ2n) is 6.11. The summed E-state index contributed by atoms with van der Waals surface area (Å²) >= 11 is 11.1. The van der Waals surface area contributed by atoms with E-state index in [0.717, 1.165) is 70.2 Å². The van der Waals surface area contributed by atoms with Crippen molar-refractivity contribution in [2.45, 2.75) is 38.3 Å². The summed E-state index contributed by atoms with van der Waals surface area (Å²) in [7, 11) is 0. The lowest BCUT2D eigenvalue weighted by Gasteiger charge is -2.32. The lowest BCUT2D eigenvalue weighted by molar-refractivity contribution is 0.487. The molecular weight excluding hydrogens is 476 g/mol. The van der Waals surface area contributed by atoms with Gasteiger partial charge < -0.3 is 15.2 Å². The van der Waals surface area contributed by atoms with Crippen LogP contribution in [0.3, 0.4) is 0 Å². The van der Waals surface area contributed by atoms with Gasteiger partial charge in [0.15, 0.2) is 0 Å². The number of aryl methyl sites for hydroxylation is 2. The minimum absolute atomic E-state index is 0.340. The molecule has 3 heterocycles. The summed E-state index contributed by atoms with van der Waals surface area (Å²) in [6, 6.07) is 0.340. The fourth-order valence-corrected chi connectivity index (χ4v) is 5.28. The Morgan fingerprint density at radius 1 is 1.00 bits per heavy atom. The molecule has 1 fully saturated rings. The van der Waals surface area contributed by atoms with Crippen LogP contribution in [0, 0.1) is 0 Å². The number of anilines is 1. The Hall–Kier alpha value is -0.110. The van der Waals surface area contributed by atoms with Gasteiger partial charge in [0.25, 0.3) is 0 Å². The van der Waals surface area contributed by atoms with E-state index in [2.05, 4.69) is 57.3 Å². The molecule has 0 radical (unpaired) electrons. The van der Waals surface area contributed by atoms with Crippen molar-refractivity contribution in [1.82, 2.24) is 9.55 Å². The highest BCUT2D eigenvalue weighted by molar-refractivity contribution is 9.14. The van der Waals surface area contributed by atoms with E-state index < -0.39 is 0 Å². The Morgan fingerprint density at radius 2 is 1.73 bits per heavy atom. The Labute approximate surface area is 154 Å². The molecule has 118 valence electrons. The highest BCUT2D eigenvalue weighted by Gasteiger charge is 2.28. The third-order valence-corrected chi connectivity index (χ3v) is 8.23. The maximum atomic E-state index is 6.05. The van der Waals surface area contributed by atoms with E-state index in [4.69, 9.17) is 10.7 Å². The summed E-state index contributed by atoms with van der Waals surface area (Å²) in [5, 5.41) is 0. The van der Waals surface area contributed by atoms with E-state index in [0.29, 0.717) is 6.04 Å². The molecule has 0 aliphatic carbocycles. The van der Waals surface area contributed by atoms with Crippen molar-refractivity contribution in [3.63, 3.8) is 0 Å². The predicted octanol–water partition coefficient (Wildman–Crippen LogP) is 4.20. The summed E-state index contributed by atoms with van der Waals surface area (Å²) in [5.74, 6) is 1.11. The molecule has 0 bridgehead atoms. The second kappa shape index (κ2) is 5.76. The average molecular weight is 493 g/mol. The Bertz CT molecular complexity index is 747. The zero-order valence-electron chi connectivity index (χ0n) is 12.1. The third-order valence-electron chi connectivity index (χ3n) is 4.72. The molecule has 2 aromatic rings. The molecule has 0 spiro atoms. The van der Waals surface area contributed by atoms with Crippen molar-refractivity contribution >= 4 is 64.8 Å². The monoisotopic (exact) mass is 490 g/mol. The van der Waals surface area contributed by atoms with Gasteiger partial charge in [0.1, 0.15) is 5.52 Å². The van der Waals surface area contributed by atoms with Gasteiger partial charge in [-0.15, -0.1) is 0 Å². The number of benzene rings is 1. The first-order valence-electron chi connectivity index (χ1n) is 7.64. The largest absolute Gasteiger partial charge is 0.342 e. The Kier molecular flexibility index (Phi) is 4.03. The SMILES string of the molecule is NC1CCN(c2nc3c(Br)c(Br)c(Br)c4c3n2CCC4)CC1. The summed E-state index contributed by atoms with van der Waals surface area (Å²) in [4.78, 5) is 7.38. The molecule has 0 unspecified atom stereocenters. The van der Waals surface area contributed by atoms with Gasteiger partial charge in [-0.3, -0.25) is 0 Å². The molecule has 0 saturated carbocycles. The van der Waals surface area contributed by atoms with Gasteiger partial charge in [0, 0.05) is 34.6 Å². The first-order chi connectivity index (χ1) is 10.6. The molecule has 1 aromatic heterocycles. The number of hydrogen-bond donors (Lipinski definition) is 1. The number of hydrogen-bond acceptors (Lipinski definition) is 3. The van der Waals surface area contributed by atoms with Crippen LogP contribution in [0.4, 0.5) is 5.95 Å². The summed E-state index contributed by atoms with van der Waals surface area (Å²) in [6.45, 7) is 3.04. The topological polar surface area (TPSA) is 47.1 Å². The standard InChI is InChI=1S/C15H17Br3N4/c16-10-9-2-1-5-22-14(9)13(12(18)11(10)17)20-15(22)21-6-3-8(19)4-7-21/h8H,1-7,19H2. The zero-order valence-corrected chi connectivity index (χ0v) is 16.8. The van der Waals surface area contributed by atoms with Gasteiger partial charge in [-0.2, -0.15) is 0 Å². The van der Waals surface area contributed by atoms with Crippen molar-refractivity contribution in [2.24, 2.45) is 5.73 Å². The van der Waals surface area contributed by atoms with Crippen LogP contribution in [0.2, 0.25) is 0 Å². The van der Waals surface area contributed by atoms with Crippen LogP contribution >= 0.6 is 47.8 Å². The minimum atomic E-state index is 0.340. The van der Waals surface area contributed by atoms with Crippen LogP contribution in [-0.4, -0.2) is 28.7 Å². The summed E-state index contributed by atoms with van der Waals surface area (Å²) < 4.78 is 5.65. The highest BCUT2D eigenvalue weighted by atomic mass is 79.9. The fourth-order valence-electron chi connectivity index (χ4n) is 3.53. The molecule has 7 heteroatoms. The molecule has 2 N–H and O–H groups in total. The first-order valence-corrected chi connectivity index (χ1v) is 10.0. The smallest absolute Gasteiger partial charge is 0.206 e. The minimum Gasteiger partial charge on any atom is -0.342 e. The Morgan fingerprint density at radius 3 is 2.45 bits per heavy atom. The number of piperidine rings is 1. The molecule has 1 saturated heterocycles. The number of halogens is 3. The number of imidazole rings is 1. The molecule has 4 rings (SSSR count). The molecule has 2 aliphatic rings. The zero-order chi connectivity index (χ0) is 15.4. The van der Waals surface area contributed by atoms with E-state index in [1.165, 1.54) is 11.1 Å². The van der Waals surface area contributed by atoms with E-state index in [-0.39, 0.29) is 0 Å². The average Bonchev–Trinajstić information content (AvgIpc) is 2.92. The van der Waals surface area contributed by atoms with Gasteiger partial charge in [-0.05, 0) is 79.0 Å². The molecule has 4 nitrogen and oxygen atoms in total. The lowest BCUT2D eigenvalue weighted by atomic mass is 10.0. The van der Waals surface area contributed by atoms with Crippen molar-refractivity contribution in [3.05, 3.63) is 19.0 Å². The molecular formula is C15H17Br3N4. The van der Waals surface area contributed by atoms with E-state index in [1.54, 1.807) is 0 Å². The number of rotatable bonds is 1. The fraction of sp³-hybridized carbons (Fsp3) is 0.533. The van der Waals surface area contributed by atoms with Crippen molar-refractivity contribution in [2.75, 3.05) is 18.0 Å².